The van der Waals surface area contributed by atoms with E-state index in [2.05, 4.69) is 0 Å². The van der Waals surface area contributed by atoms with Crippen LogP contribution in [0.3, 0.4) is 0 Å². The average molecular weight is 270 g/mol. The van der Waals surface area contributed by atoms with Crippen LogP contribution in [0.15, 0.2) is 24.3 Å². The van der Waals surface area contributed by atoms with E-state index in [0.29, 0.717) is 0 Å². The fourth-order valence-electron chi connectivity index (χ4n) is 0.650. The minimum absolute atomic E-state index is 0.377. The molecule has 0 aromatic heterocycles. The summed E-state index contributed by atoms with van der Waals surface area (Å²) in [6.07, 6.45) is -3.72. The van der Waals surface area contributed by atoms with Gasteiger partial charge in [0.25, 0.3) is 0 Å². The molecule has 11 heavy (non-hydrogen) atoms. The van der Waals surface area contributed by atoms with Gasteiger partial charge in [-0.15, -0.1) is 0 Å². The van der Waals surface area contributed by atoms with Crippen LogP contribution >= 0.6 is 22.6 Å². The Kier molecular flexibility index (Phi) is 2.43. The number of halogens is 3. The summed E-state index contributed by atoms with van der Waals surface area (Å²) in [5.74, 6) is 0. The van der Waals surface area contributed by atoms with Crippen LogP contribution in [-0.2, 0) is 6.11 Å². The zero-order valence-corrected chi connectivity index (χ0v) is 7.55. The van der Waals surface area contributed by atoms with Crippen molar-refractivity contribution in [2.75, 3.05) is 0 Å². The van der Waals surface area contributed by atoms with Crippen LogP contribution in [0, 0.1) is 3.57 Å². The summed E-state index contributed by atoms with van der Waals surface area (Å²) in [5.41, 5.74) is -0.377. The molecular weight excluding hydrogens is 265 g/mol. The molecule has 1 rings (SSSR count). The van der Waals surface area contributed by atoms with Crippen molar-refractivity contribution < 1.29 is 13.9 Å². The minimum atomic E-state index is -3.72. The first-order valence-electron chi connectivity index (χ1n) is 2.86. The van der Waals surface area contributed by atoms with Gasteiger partial charge in [-0.05, 0) is 46.9 Å². The Hall–Kier alpha value is -0.230. The molecule has 0 bridgehead atoms. The standard InChI is InChI=1S/C7H5F2IO/c8-7(9,11)5-1-3-6(10)4-2-5/h1-4,11H. The molecule has 1 aromatic rings. The van der Waals surface area contributed by atoms with Crippen LogP contribution in [0.4, 0.5) is 8.78 Å². The number of aliphatic hydroxyl groups is 1. The number of alkyl halides is 2. The maximum Gasteiger partial charge on any atom is 0.380 e. The monoisotopic (exact) mass is 270 g/mol. The average Bonchev–Trinajstić information content (AvgIpc) is 1.86. The lowest BCUT2D eigenvalue weighted by Gasteiger charge is -2.07. The van der Waals surface area contributed by atoms with E-state index in [9.17, 15) is 8.78 Å². The molecule has 0 fully saturated rings. The van der Waals surface area contributed by atoms with Gasteiger partial charge in [-0.3, -0.25) is 0 Å². The molecule has 0 aliphatic rings. The van der Waals surface area contributed by atoms with Crippen molar-refractivity contribution in [1.29, 1.82) is 0 Å². The molecule has 0 saturated heterocycles. The predicted octanol–water partition coefficient (Wildman–Crippen LogP) is 2.33. The lowest BCUT2D eigenvalue weighted by molar-refractivity contribution is -0.208. The highest BCUT2D eigenvalue weighted by atomic mass is 127. The second-order valence-corrected chi connectivity index (χ2v) is 3.29. The second kappa shape index (κ2) is 3.02. The van der Waals surface area contributed by atoms with E-state index < -0.39 is 6.11 Å². The Labute approximate surface area is 76.2 Å². The van der Waals surface area contributed by atoms with Crippen LogP contribution in [0.25, 0.3) is 0 Å². The molecule has 0 aliphatic carbocycles. The molecule has 1 aromatic carbocycles. The van der Waals surface area contributed by atoms with Gasteiger partial charge in [0.1, 0.15) is 0 Å². The van der Waals surface area contributed by atoms with E-state index in [-0.39, 0.29) is 5.56 Å². The molecule has 0 aliphatic heterocycles. The zero-order chi connectivity index (χ0) is 8.48. The van der Waals surface area contributed by atoms with Crippen LogP contribution in [0.2, 0.25) is 0 Å². The third-order valence-electron chi connectivity index (χ3n) is 1.19. The van der Waals surface area contributed by atoms with E-state index >= 15 is 0 Å². The van der Waals surface area contributed by atoms with E-state index in [1.54, 1.807) is 0 Å². The largest absolute Gasteiger partial charge is 0.380 e. The van der Waals surface area contributed by atoms with Gasteiger partial charge in [0, 0.05) is 3.57 Å². The highest BCUT2D eigenvalue weighted by Gasteiger charge is 2.26. The van der Waals surface area contributed by atoms with Gasteiger partial charge in [-0.2, -0.15) is 8.78 Å². The number of benzene rings is 1. The van der Waals surface area contributed by atoms with E-state index in [1.165, 1.54) is 24.3 Å². The third kappa shape index (κ3) is 2.37. The topological polar surface area (TPSA) is 20.2 Å². The summed E-state index contributed by atoms with van der Waals surface area (Å²) in [5, 5.41) is 8.24. The maximum absolute atomic E-state index is 12.1. The molecule has 0 spiro atoms. The predicted molar refractivity (Wildman–Crippen MR) is 45.3 cm³/mol. The highest BCUT2D eigenvalue weighted by molar-refractivity contribution is 14.1. The molecule has 1 nitrogen and oxygen atoms in total. The zero-order valence-electron chi connectivity index (χ0n) is 5.39. The summed E-state index contributed by atoms with van der Waals surface area (Å²) in [7, 11) is 0. The molecular formula is C7H5F2IO. The van der Waals surface area contributed by atoms with Crippen LogP contribution in [0.1, 0.15) is 5.56 Å². The first kappa shape index (κ1) is 8.86. The quantitative estimate of drug-likeness (QED) is 0.776. The van der Waals surface area contributed by atoms with Crippen LogP contribution in [0.5, 0.6) is 0 Å². The van der Waals surface area contributed by atoms with Crippen molar-refractivity contribution in [3.8, 4) is 0 Å². The molecule has 0 unspecified atom stereocenters. The van der Waals surface area contributed by atoms with Crippen molar-refractivity contribution in [1.82, 2.24) is 0 Å². The fraction of sp³-hybridized carbons (Fsp3) is 0.143. The van der Waals surface area contributed by atoms with E-state index in [4.69, 9.17) is 5.11 Å². The number of rotatable bonds is 1. The van der Waals surface area contributed by atoms with Crippen molar-refractivity contribution in [3.05, 3.63) is 33.4 Å². The number of hydrogen-bond donors (Lipinski definition) is 1. The van der Waals surface area contributed by atoms with E-state index in [1.807, 2.05) is 22.6 Å². The van der Waals surface area contributed by atoms with Gasteiger partial charge >= 0.3 is 6.11 Å². The smallest absolute Gasteiger partial charge is 0.332 e. The Bertz CT molecular complexity index is 240. The van der Waals surface area contributed by atoms with Crippen LogP contribution < -0.4 is 0 Å². The summed E-state index contributed by atoms with van der Waals surface area (Å²) >= 11 is 2.00. The third-order valence-corrected chi connectivity index (χ3v) is 1.91. The highest BCUT2D eigenvalue weighted by Crippen LogP contribution is 2.24. The van der Waals surface area contributed by atoms with Crippen molar-refractivity contribution in [2.24, 2.45) is 0 Å². The molecule has 4 heteroatoms. The Morgan fingerprint density at radius 1 is 1.18 bits per heavy atom. The second-order valence-electron chi connectivity index (χ2n) is 2.05. The van der Waals surface area contributed by atoms with Crippen molar-refractivity contribution >= 4 is 22.6 Å². The SMILES string of the molecule is OC(F)(F)c1ccc(I)cc1. The first-order valence-corrected chi connectivity index (χ1v) is 3.94. The summed E-state index contributed by atoms with van der Waals surface area (Å²) in [6.45, 7) is 0. The lowest BCUT2D eigenvalue weighted by atomic mass is 10.2. The van der Waals surface area contributed by atoms with Crippen molar-refractivity contribution in [2.45, 2.75) is 6.11 Å². The van der Waals surface area contributed by atoms with Crippen LogP contribution in [-0.4, -0.2) is 5.11 Å². The summed E-state index contributed by atoms with van der Waals surface area (Å²) in [4.78, 5) is 0. The Morgan fingerprint density at radius 2 is 1.64 bits per heavy atom. The summed E-state index contributed by atoms with van der Waals surface area (Å²) < 4.78 is 25.1. The van der Waals surface area contributed by atoms with Gasteiger partial charge in [-0.25, -0.2) is 0 Å². The van der Waals surface area contributed by atoms with Crippen molar-refractivity contribution in [3.63, 3.8) is 0 Å². The van der Waals surface area contributed by atoms with Gasteiger partial charge in [0.05, 0.1) is 5.56 Å². The van der Waals surface area contributed by atoms with Gasteiger partial charge in [-0.1, -0.05) is 0 Å². The normalized spacial score (nSPS) is 11.6. The van der Waals surface area contributed by atoms with Gasteiger partial charge < -0.3 is 5.11 Å². The molecule has 0 atom stereocenters. The molecule has 1 N–H and O–H groups in total. The molecule has 0 radical (unpaired) electrons. The summed E-state index contributed by atoms with van der Waals surface area (Å²) in [6, 6.07) is 5.42. The number of hydrogen-bond acceptors (Lipinski definition) is 1. The fourth-order valence-corrected chi connectivity index (χ4v) is 1.01. The Balaban J connectivity index is 2.99. The van der Waals surface area contributed by atoms with E-state index in [0.717, 1.165) is 3.57 Å². The molecule has 0 heterocycles. The van der Waals surface area contributed by atoms with Gasteiger partial charge in [0.2, 0.25) is 0 Å². The first-order chi connectivity index (χ1) is 5.00. The van der Waals surface area contributed by atoms with Gasteiger partial charge in [0.15, 0.2) is 0 Å². The molecule has 60 valence electrons. The lowest BCUT2D eigenvalue weighted by Crippen LogP contribution is -2.10. The molecule has 0 saturated carbocycles. The minimum Gasteiger partial charge on any atom is -0.332 e. The Morgan fingerprint density at radius 3 is 2.00 bits per heavy atom. The molecule has 0 amide bonds. The maximum atomic E-state index is 12.1.